The van der Waals surface area contributed by atoms with Crippen LogP contribution in [0.4, 0.5) is 0 Å². The summed E-state index contributed by atoms with van der Waals surface area (Å²) < 4.78 is 2.11. The minimum absolute atomic E-state index is 0.717. The second-order valence-electron chi connectivity index (χ2n) is 3.73. The number of carboxylic acid groups (broad SMARTS) is 1. The van der Waals surface area contributed by atoms with Crippen LogP contribution in [-0.4, -0.2) is 15.6 Å². The molecule has 76 valence electrons. The number of rotatable bonds is 2. The fourth-order valence-corrected chi connectivity index (χ4v) is 1.90. The van der Waals surface area contributed by atoms with Gasteiger partial charge in [-0.2, -0.15) is 0 Å². The summed E-state index contributed by atoms with van der Waals surface area (Å²) in [6.45, 7) is 0.988. The largest absolute Gasteiger partial charge is 0.480 e. The van der Waals surface area contributed by atoms with Crippen LogP contribution in [0.15, 0.2) is 12.3 Å². The molecule has 0 spiro atoms. The summed E-state index contributed by atoms with van der Waals surface area (Å²) >= 11 is 0. The molecule has 0 saturated heterocycles. The number of nitrogens with two attached hydrogens (primary N) is 1. The molecule has 1 aliphatic heterocycles. The number of aryl methyl sites for hydroxylation is 2. The van der Waals surface area contributed by atoms with E-state index in [0.717, 1.165) is 18.5 Å². The van der Waals surface area contributed by atoms with E-state index in [0.29, 0.717) is 0 Å². The quantitative estimate of drug-likeness (QED) is 0.735. The molecular weight excluding hydrogens is 180 g/mol. The van der Waals surface area contributed by atoms with Crippen LogP contribution in [0, 0.1) is 0 Å². The van der Waals surface area contributed by atoms with Crippen LogP contribution in [0.25, 0.3) is 0 Å². The number of carbonyl (C=O) groups is 1. The molecule has 2 rings (SSSR count). The Morgan fingerprint density at radius 3 is 3.00 bits per heavy atom. The summed E-state index contributed by atoms with van der Waals surface area (Å²) in [6, 6.07) is 1.03. The van der Waals surface area contributed by atoms with Crippen LogP contribution in [0.1, 0.15) is 30.1 Å². The Balaban J connectivity index is 2.28. The van der Waals surface area contributed by atoms with Crippen LogP contribution in [0.2, 0.25) is 0 Å². The predicted octanol–water partition coefficient (Wildman–Crippen LogP) is 0.909. The smallest absolute Gasteiger partial charge is 0.325 e. The van der Waals surface area contributed by atoms with Gasteiger partial charge in [0.25, 0.3) is 0 Å². The molecule has 3 N–H and O–H groups in total. The Bertz CT molecular complexity index is 334. The summed E-state index contributed by atoms with van der Waals surface area (Å²) in [5.41, 5.74) is 7.47. The number of fused-ring (bicyclic) bond motifs is 1. The SMILES string of the molecule is NC(C(=O)O)c1cc2n(c1)CCCC2. The van der Waals surface area contributed by atoms with Gasteiger partial charge >= 0.3 is 5.97 Å². The Morgan fingerprint density at radius 2 is 2.36 bits per heavy atom. The molecule has 2 heterocycles. The van der Waals surface area contributed by atoms with Gasteiger partial charge in [-0.1, -0.05) is 0 Å². The first-order valence-electron chi connectivity index (χ1n) is 4.86. The van der Waals surface area contributed by atoms with E-state index in [-0.39, 0.29) is 0 Å². The minimum atomic E-state index is -0.965. The standard InChI is InChI=1S/C10H14N2O2/c11-9(10(13)14)7-5-8-3-1-2-4-12(8)6-7/h5-6,9H,1-4,11H2,(H,13,14). The summed E-state index contributed by atoms with van der Waals surface area (Å²) in [5.74, 6) is -0.965. The molecule has 0 fully saturated rings. The number of hydrogen-bond donors (Lipinski definition) is 2. The number of hydrogen-bond acceptors (Lipinski definition) is 2. The maximum absolute atomic E-state index is 10.7. The number of nitrogens with zero attached hydrogens (tertiary/aromatic N) is 1. The highest BCUT2D eigenvalue weighted by atomic mass is 16.4. The fraction of sp³-hybridized carbons (Fsp3) is 0.500. The zero-order valence-electron chi connectivity index (χ0n) is 7.94. The van der Waals surface area contributed by atoms with Gasteiger partial charge in [-0.3, -0.25) is 4.79 Å². The first-order chi connectivity index (χ1) is 6.68. The molecule has 1 aromatic heterocycles. The summed E-state index contributed by atoms with van der Waals surface area (Å²) in [7, 11) is 0. The van der Waals surface area contributed by atoms with Gasteiger partial charge in [-0.15, -0.1) is 0 Å². The summed E-state index contributed by atoms with van der Waals surface area (Å²) in [4.78, 5) is 10.7. The first-order valence-corrected chi connectivity index (χ1v) is 4.86. The monoisotopic (exact) mass is 194 g/mol. The molecule has 1 aliphatic rings. The molecule has 1 aromatic rings. The van der Waals surface area contributed by atoms with E-state index in [9.17, 15) is 4.79 Å². The zero-order chi connectivity index (χ0) is 10.1. The van der Waals surface area contributed by atoms with Crippen molar-refractivity contribution >= 4 is 5.97 Å². The highest BCUT2D eigenvalue weighted by Gasteiger charge is 2.18. The third-order valence-electron chi connectivity index (χ3n) is 2.71. The highest BCUT2D eigenvalue weighted by Crippen LogP contribution is 2.21. The van der Waals surface area contributed by atoms with E-state index < -0.39 is 12.0 Å². The highest BCUT2D eigenvalue weighted by molar-refractivity contribution is 5.75. The predicted molar refractivity (Wildman–Crippen MR) is 51.9 cm³/mol. The van der Waals surface area contributed by atoms with Crippen LogP contribution < -0.4 is 5.73 Å². The summed E-state index contributed by atoms with van der Waals surface area (Å²) in [6.07, 6.45) is 5.26. The van der Waals surface area contributed by atoms with Gasteiger partial charge in [0.15, 0.2) is 0 Å². The third-order valence-corrected chi connectivity index (χ3v) is 2.71. The topological polar surface area (TPSA) is 68.2 Å². The van der Waals surface area contributed by atoms with Crippen LogP contribution >= 0.6 is 0 Å². The number of aromatic nitrogens is 1. The van der Waals surface area contributed by atoms with Crippen molar-refractivity contribution in [1.82, 2.24) is 4.57 Å². The van der Waals surface area contributed by atoms with Gasteiger partial charge in [0, 0.05) is 18.4 Å². The molecule has 0 bridgehead atoms. The second-order valence-corrected chi connectivity index (χ2v) is 3.73. The Labute approximate surface area is 82.3 Å². The third kappa shape index (κ3) is 1.53. The van der Waals surface area contributed by atoms with Crippen molar-refractivity contribution in [3.05, 3.63) is 23.5 Å². The van der Waals surface area contributed by atoms with E-state index in [2.05, 4.69) is 4.57 Å². The Morgan fingerprint density at radius 1 is 1.57 bits per heavy atom. The molecular formula is C10H14N2O2. The molecule has 0 aromatic carbocycles. The molecule has 0 amide bonds. The fourth-order valence-electron chi connectivity index (χ4n) is 1.90. The number of aliphatic carboxylic acids is 1. The second kappa shape index (κ2) is 3.46. The lowest BCUT2D eigenvalue weighted by molar-refractivity contribution is -0.138. The molecule has 14 heavy (non-hydrogen) atoms. The van der Waals surface area contributed by atoms with Crippen molar-refractivity contribution in [2.45, 2.75) is 31.8 Å². The van der Waals surface area contributed by atoms with Gasteiger partial charge in [-0.25, -0.2) is 0 Å². The van der Waals surface area contributed by atoms with E-state index in [1.807, 2.05) is 12.3 Å². The van der Waals surface area contributed by atoms with Crippen LogP contribution in [0.5, 0.6) is 0 Å². The van der Waals surface area contributed by atoms with Gasteiger partial charge in [-0.05, 0) is 30.9 Å². The van der Waals surface area contributed by atoms with E-state index in [1.165, 1.54) is 18.5 Å². The van der Waals surface area contributed by atoms with Crippen molar-refractivity contribution in [1.29, 1.82) is 0 Å². The van der Waals surface area contributed by atoms with Crippen molar-refractivity contribution < 1.29 is 9.90 Å². The lowest BCUT2D eigenvalue weighted by atomic mass is 10.1. The molecule has 4 heteroatoms. The lowest BCUT2D eigenvalue weighted by Crippen LogP contribution is -2.19. The van der Waals surface area contributed by atoms with E-state index in [4.69, 9.17) is 10.8 Å². The average molecular weight is 194 g/mol. The van der Waals surface area contributed by atoms with Crippen LogP contribution in [0.3, 0.4) is 0 Å². The molecule has 0 radical (unpaired) electrons. The zero-order valence-corrected chi connectivity index (χ0v) is 7.94. The Kier molecular flexibility index (Phi) is 2.29. The molecule has 1 unspecified atom stereocenters. The minimum Gasteiger partial charge on any atom is -0.480 e. The average Bonchev–Trinajstić information content (AvgIpc) is 2.59. The van der Waals surface area contributed by atoms with Gasteiger partial charge < -0.3 is 15.4 Å². The molecule has 0 saturated carbocycles. The lowest BCUT2D eigenvalue weighted by Gasteiger charge is -2.13. The van der Waals surface area contributed by atoms with Gasteiger partial charge in [0.05, 0.1) is 0 Å². The van der Waals surface area contributed by atoms with E-state index >= 15 is 0 Å². The van der Waals surface area contributed by atoms with Gasteiger partial charge in [0.2, 0.25) is 0 Å². The van der Waals surface area contributed by atoms with E-state index in [1.54, 1.807) is 0 Å². The summed E-state index contributed by atoms with van der Waals surface area (Å²) in [5, 5.41) is 8.76. The molecule has 4 nitrogen and oxygen atoms in total. The molecule has 1 atom stereocenters. The van der Waals surface area contributed by atoms with Crippen molar-refractivity contribution in [3.63, 3.8) is 0 Å². The normalized spacial score (nSPS) is 17.5. The molecule has 0 aliphatic carbocycles. The van der Waals surface area contributed by atoms with Crippen molar-refractivity contribution in [3.8, 4) is 0 Å². The van der Waals surface area contributed by atoms with Crippen molar-refractivity contribution in [2.75, 3.05) is 0 Å². The number of carboxylic acids is 1. The maximum Gasteiger partial charge on any atom is 0.325 e. The maximum atomic E-state index is 10.7. The first kappa shape index (κ1) is 9.27. The van der Waals surface area contributed by atoms with Gasteiger partial charge in [0.1, 0.15) is 6.04 Å². The van der Waals surface area contributed by atoms with Crippen molar-refractivity contribution in [2.24, 2.45) is 5.73 Å². The Hall–Kier alpha value is -1.29. The van der Waals surface area contributed by atoms with Crippen LogP contribution in [-0.2, 0) is 17.8 Å².